The number of hydrogen-bond acceptors (Lipinski definition) is 1. The highest BCUT2D eigenvalue weighted by Crippen LogP contribution is 2.30. The molecule has 0 spiro atoms. The molecule has 0 unspecified atom stereocenters. The lowest BCUT2D eigenvalue weighted by Gasteiger charge is -2.26. The van der Waals surface area contributed by atoms with Gasteiger partial charge in [-0.15, -0.1) is 11.6 Å². The zero-order valence-corrected chi connectivity index (χ0v) is 11.4. The van der Waals surface area contributed by atoms with Gasteiger partial charge in [-0.3, -0.25) is 0 Å². The van der Waals surface area contributed by atoms with Crippen LogP contribution in [-0.2, 0) is 5.88 Å². The normalized spacial score (nSPS) is 11.7. The standard InChI is InChI=1S/C12H14Cl2F3N/c1-2-5-18(8-12(15,16)17)11-4-3-9(7-13)6-10(11)14/h3-4,6H,2,5,7-8H2,1H3. The van der Waals surface area contributed by atoms with Crippen LogP contribution in [0.5, 0.6) is 0 Å². The third kappa shape index (κ3) is 4.58. The van der Waals surface area contributed by atoms with Crippen LogP contribution in [0.15, 0.2) is 18.2 Å². The van der Waals surface area contributed by atoms with Crippen molar-refractivity contribution in [2.24, 2.45) is 0 Å². The average molecular weight is 300 g/mol. The minimum absolute atomic E-state index is 0.285. The summed E-state index contributed by atoms with van der Waals surface area (Å²) in [6.07, 6.45) is -3.63. The summed E-state index contributed by atoms with van der Waals surface area (Å²) in [6.45, 7) is 1.13. The van der Waals surface area contributed by atoms with E-state index < -0.39 is 12.7 Å². The molecule has 0 aliphatic heterocycles. The predicted octanol–water partition coefficient (Wildman–Crippen LogP) is 4.86. The van der Waals surface area contributed by atoms with Crippen LogP contribution in [0.2, 0.25) is 5.02 Å². The molecule has 0 atom stereocenters. The van der Waals surface area contributed by atoms with Crippen LogP contribution in [0.4, 0.5) is 18.9 Å². The molecule has 1 aromatic rings. The summed E-state index contributed by atoms with van der Waals surface area (Å²) in [6, 6.07) is 4.87. The first-order chi connectivity index (χ1) is 8.37. The van der Waals surface area contributed by atoms with E-state index in [2.05, 4.69) is 0 Å². The van der Waals surface area contributed by atoms with Crippen molar-refractivity contribution in [3.05, 3.63) is 28.8 Å². The van der Waals surface area contributed by atoms with Gasteiger partial charge in [-0.1, -0.05) is 24.6 Å². The van der Waals surface area contributed by atoms with E-state index in [1.54, 1.807) is 18.2 Å². The fourth-order valence-electron chi connectivity index (χ4n) is 1.66. The summed E-state index contributed by atoms with van der Waals surface area (Å²) < 4.78 is 37.5. The fraction of sp³-hybridized carbons (Fsp3) is 0.500. The smallest absolute Gasteiger partial charge is 0.361 e. The third-order valence-corrected chi connectivity index (χ3v) is 2.98. The molecule has 6 heteroatoms. The average Bonchev–Trinajstić information content (AvgIpc) is 2.26. The molecule has 0 radical (unpaired) electrons. The zero-order valence-electron chi connectivity index (χ0n) is 9.90. The number of benzene rings is 1. The van der Waals surface area contributed by atoms with Crippen molar-refractivity contribution in [2.75, 3.05) is 18.0 Å². The molecule has 18 heavy (non-hydrogen) atoms. The topological polar surface area (TPSA) is 3.24 Å². The first-order valence-electron chi connectivity index (χ1n) is 5.53. The number of alkyl halides is 4. The van der Waals surface area contributed by atoms with Crippen molar-refractivity contribution < 1.29 is 13.2 Å². The SMILES string of the molecule is CCCN(CC(F)(F)F)c1ccc(CCl)cc1Cl. The summed E-state index contributed by atoms with van der Waals surface area (Å²) in [5, 5.41) is 0.297. The Balaban J connectivity index is 2.98. The summed E-state index contributed by atoms with van der Waals surface area (Å²) in [4.78, 5) is 1.24. The van der Waals surface area contributed by atoms with E-state index >= 15 is 0 Å². The van der Waals surface area contributed by atoms with Gasteiger partial charge in [0.05, 0.1) is 10.7 Å². The van der Waals surface area contributed by atoms with E-state index in [4.69, 9.17) is 23.2 Å². The lowest BCUT2D eigenvalue weighted by Crippen LogP contribution is -2.35. The number of rotatable bonds is 5. The lowest BCUT2D eigenvalue weighted by molar-refractivity contribution is -0.119. The molecular formula is C12H14Cl2F3N. The van der Waals surface area contributed by atoms with Crippen LogP contribution in [0.25, 0.3) is 0 Å². The molecular weight excluding hydrogens is 286 g/mol. The molecule has 0 saturated carbocycles. The van der Waals surface area contributed by atoms with Gasteiger partial charge in [0.1, 0.15) is 6.54 Å². The fourth-order valence-corrected chi connectivity index (χ4v) is 2.15. The maximum absolute atomic E-state index is 12.5. The maximum atomic E-state index is 12.5. The lowest BCUT2D eigenvalue weighted by atomic mass is 10.2. The Morgan fingerprint density at radius 1 is 1.28 bits per heavy atom. The van der Waals surface area contributed by atoms with Crippen LogP contribution in [0.3, 0.4) is 0 Å². The largest absolute Gasteiger partial charge is 0.405 e. The molecule has 0 amide bonds. The van der Waals surface area contributed by atoms with Crippen LogP contribution < -0.4 is 4.90 Å². The first kappa shape index (κ1) is 15.4. The second-order valence-corrected chi connectivity index (χ2v) is 4.63. The monoisotopic (exact) mass is 299 g/mol. The van der Waals surface area contributed by atoms with Crippen molar-refractivity contribution in [3.8, 4) is 0 Å². The van der Waals surface area contributed by atoms with E-state index in [9.17, 15) is 13.2 Å². The van der Waals surface area contributed by atoms with Crippen LogP contribution in [-0.4, -0.2) is 19.3 Å². The molecule has 1 nitrogen and oxygen atoms in total. The highest BCUT2D eigenvalue weighted by atomic mass is 35.5. The molecule has 102 valence electrons. The highest BCUT2D eigenvalue weighted by molar-refractivity contribution is 6.33. The molecule has 1 aromatic carbocycles. The second-order valence-electron chi connectivity index (χ2n) is 3.96. The first-order valence-corrected chi connectivity index (χ1v) is 6.44. The number of halogens is 5. The van der Waals surface area contributed by atoms with Crippen LogP contribution >= 0.6 is 23.2 Å². The third-order valence-electron chi connectivity index (χ3n) is 2.37. The molecule has 0 fully saturated rings. The van der Waals surface area contributed by atoms with Gasteiger partial charge < -0.3 is 4.90 Å². The maximum Gasteiger partial charge on any atom is 0.405 e. The van der Waals surface area contributed by atoms with Gasteiger partial charge in [0.15, 0.2) is 0 Å². The molecule has 1 rings (SSSR count). The molecule has 0 aliphatic carbocycles. The minimum Gasteiger partial charge on any atom is -0.361 e. The van der Waals surface area contributed by atoms with Crippen molar-refractivity contribution in [2.45, 2.75) is 25.4 Å². The number of nitrogens with zero attached hydrogens (tertiary/aromatic N) is 1. The van der Waals surface area contributed by atoms with E-state index in [1.807, 2.05) is 6.92 Å². The van der Waals surface area contributed by atoms with Gasteiger partial charge in [-0.05, 0) is 24.1 Å². The van der Waals surface area contributed by atoms with Gasteiger partial charge in [0.2, 0.25) is 0 Å². The van der Waals surface area contributed by atoms with Gasteiger partial charge in [0, 0.05) is 12.4 Å². The highest BCUT2D eigenvalue weighted by Gasteiger charge is 2.31. The van der Waals surface area contributed by atoms with Gasteiger partial charge in [-0.25, -0.2) is 0 Å². The quantitative estimate of drug-likeness (QED) is 0.702. The van der Waals surface area contributed by atoms with Crippen LogP contribution in [0.1, 0.15) is 18.9 Å². The van der Waals surface area contributed by atoms with E-state index in [0.29, 0.717) is 23.7 Å². The predicted molar refractivity (Wildman–Crippen MR) is 69.6 cm³/mol. The van der Waals surface area contributed by atoms with Crippen molar-refractivity contribution in [1.29, 1.82) is 0 Å². The second kappa shape index (κ2) is 6.53. The van der Waals surface area contributed by atoms with Crippen LogP contribution in [0, 0.1) is 0 Å². The number of hydrogen-bond donors (Lipinski definition) is 0. The Morgan fingerprint density at radius 3 is 2.39 bits per heavy atom. The zero-order chi connectivity index (χ0) is 13.8. The molecule has 0 saturated heterocycles. The van der Waals surface area contributed by atoms with E-state index in [1.165, 1.54) is 4.90 Å². The van der Waals surface area contributed by atoms with Crippen molar-refractivity contribution >= 4 is 28.9 Å². The van der Waals surface area contributed by atoms with E-state index in [0.717, 1.165) is 5.56 Å². The Bertz CT molecular complexity index is 393. The summed E-state index contributed by atoms with van der Waals surface area (Å²) in [5.41, 5.74) is 1.18. The minimum atomic E-state index is -4.25. The molecule has 0 heterocycles. The van der Waals surface area contributed by atoms with Gasteiger partial charge >= 0.3 is 6.18 Å². The Labute approximate surface area is 114 Å². The molecule has 0 N–H and O–H groups in total. The molecule has 0 bridgehead atoms. The van der Waals surface area contributed by atoms with Gasteiger partial charge in [0.25, 0.3) is 0 Å². The van der Waals surface area contributed by atoms with Crippen molar-refractivity contribution in [3.63, 3.8) is 0 Å². The summed E-state index contributed by atoms with van der Waals surface area (Å²) in [5.74, 6) is 0.285. The Morgan fingerprint density at radius 2 is 1.94 bits per heavy atom. The summed E-state index contributed by atoms with van der Waals surface area (Å²) in [7, 11) is 0. The number of anilines is 1. The Kier molecular flexibility index (Phi) is 5.60. The molecule has 0 aromatic heterocycles. The Hall–Kier alpha value is -0.610. The molecule has 0 aliphatic rings. The summed E-state index contributed by atoms with van der Waals surface area (Å²) >= 11 is 11.6. The van der Waals surface area contributed by atoms with Crippen molar-refractivity contribution in [1.82, 2.24) is 0 Å². The van der Waals surface area contributed by atoms with Gasteiger partial charge in [-0.2, -0.15) is 13.2 Å². The van der Waals surface area contributed by atoms with E-state index in [-0.39, 0.29) is 5.88 Å².